The smallest absolute Gasteiger partial charge is 0.407 e. The van der Waals surface area contributed by atoms with Crippen molar-refractivity contribution in [3.05, 3.63) is 72.0 Å². The topological polar surface area (TPSA) is 127 Å². The number of esters is 1. The van der Waals surface area contributed by atoms with Gasteiger partial charge >= 0.3 is 12.1 Å². The maximum atomic E-state index is 13.2. The molecule has 0 bridgehead atoms. The largest absolute Gasteiger partial charge is 0.469 e. The summed E-state index contributed by atoms with van der Waals surface area (Å²) < 4.78 is 15.6. The van der Waals surface area contributed by atoms with Crippen molar-refractivity contribution in [3.63, 3.8) is 0 Å². The lowest BCUT2D eigenvalue weighted by Crippen LogP contribution is -2.48. The molecule has 2 aromatic carbocycles. The number of para-hydroxylation sites is 1. The van der Waals surface area contributed by atoms with E-state index >= 15 is 0 Å². The molecule has 40 heavy (non-hydrogen) atoms. The summed E-state index contributed by atoms with van der Waals surface area (Å²) in [6.07, 6.45) is 2.65. The predicted octanol–water partition coefficient (Wildman–Crippen LogP) is 4.43. The Morgan fingerprint density at radius 1 is 0.900 bits per heavy atom. The highest BCUT2D eigenvalue weighted by atomic mass is 16.5. The number of fused-ring (bicyclic) bond motifs is 1. The molecule has 0 aliphatic heterocycles. The van der Waals surface area contributed by atoms with Crippen LogP contribution in [0.25, 0.3) is 11.0 Å². The van der Waals surface area contributed by atoms with Crippen LogP contribution in [0.3, 0.4) is 0 Å². The number of methoxy groups -OCH3 is 1. The molecule has 0 spiro atoms. The molecule has 3 rings (SSSR count). The molecule has 10 heteroatoms. The number of ether oxygens (including phenoxy) is 2. The van der Waals surface area contributed by atoms with E-state index in [-0.39, 0.29) is 30.8 Å². The van der Waals surface area contributed by atoms with Crippen LogP contribution < -0.4 is 10.6 Å². The molecule has 0 unspecified atom stereocenters. The number of benzene rings is 2. The van der Waals surface area contributed by atoms with Gasteiger partial charge in [-0.3, -0.25) is 14.4 Å². The predicted molar refractivity (Wildman–Crippen MR) is 149 cm³/mol. The first-order valence-electron chi connectivity index (χ1n) is 13.4. The van der Waals surface area contributed by atoms with Gasteiger partial charge in [0.15, 0.2) is 5.76 Å². The van der Waals surface area contributed by atoms with E-state index in [1.54, 1.807) is 19.2 Å². The molecular formula is C30H37N3O7. The molecule has 0 aliphatic carbocycles. The summed E-state index contributed by atoms with van der Waals surface area (Å²) in [5, 5.41) is 6.38. The zero-order valence-corrected chi connectivity index (χ0v) is 23.0. The molecule has 0 fully saturated rings. The second kappa shape index (κ2) is 15.9. The van der Waals surface area contributed by atoms with E-state index in [1.807, 2.05) is 48.5 Å². The van der Waals surface area contributed by atoms with Crippen LogP contribution in [0.4, 0.5) is 4.79 Å². The lowest BCUT2D eigenvalue weighted by molar-refractivity contribution is -0.140. The van der Waals surface area contributed by atoms with E-state index in [2.05, 4.69) is 15.4 Å². The second-order valence-electron chi connectivity index (χ2n) is 9.39. The third-order valence-corrected chi connectivity index (χ3v) is 6.45. The number of hydrogen-bond acceptors (Lipinski definition) is 7. The van der Waals surface area contributed by atoms with Crippen LogP contribution in [-0.2, 0) is 25.7 Å². The summed E-state index contributed by atoms with van der Waals surface area (Å²) >= 11 is 0. The van der Waals surface area contributed by atoms with Crippen LogP contribution in [0.15, 0.2) is 65.1 Å². The Balaban J connectivity index is 1.53. The number of furan rings is 1. The van der Waals surface area contributed by atoms with Crippen LogP contribution in [0.1, 0.15) is 54.6 Å². The van der Waals surface area contributed by atoms with Crippen molar-refractivity contribution in [1.29, 1.82) is 0 Å². The Morgan fingerprint density at radius 2 is 1.62 bits per heavy atom. The van der Waals surface area contributed by atoms with Crippen molar-refractivity contribution in [3.8, 4) is 0 Å². The minimum absolute atomic E-state index is 0.145. The van der Waals surface area contributed by atoms with Gasteiger partial charge in [0.1, 0.15) is 18.2 Å². The zero-order valence-electron chi connectivity index (χ0n) is 23.0. The van der Waals surface area contributed by atoms with Gasteiger partial charge in [0, 0.05) is 31.9 Å². The van der Waals surface area contributed by atoms with Crippen molar-refractivity contribution in [2.24, 2.45) is 0 Å². The van der Waals surface area contributed by atoms with Crippen molar-refractivity contribution < 1.29 is 33.1 Å². The highest BCUT2D eigenvalue weighted by molar-refractivity contribution is 5.98. The SMILES string of the molecule is COC(=O)CCCCCNC(=O)[C@H](CCCNC(=O)OCc1ccccc1)N(C)C(=O)c1cc2ccccc2o1. The summed E-state index contributed by atoms with van der Waals surface area (Å²) in [7, 11) is 2.92. The zero-order chi connectivity index (χ0) is 28.7. The highest BCUT2D eigenvalue weighted by Crippen LogP contribution is 2.21. The number of rotatable bonds is 15. The number of nitrogens with one attached hydrogen (secondary N) is 2. The first kappa shape index (κ1) is 30.2. The number of carbonyl (C=O) groups is 4. The van der Waals surface area contributed by atoms with E-state index < -0.39 is 18.0 Å². The molecule has 1 heterocycles. The van der Waals surface area contributed by atoms with Gasteiger partial charge < -0.3 is 29.4 Å². The maximum absolute atomic E-state index is 13.2. The minimum atomic E-state index is -0.780. The van der Waals surface area contributed by atoms with Crippen molar-refractivity contribution >= 4 is 34.8 Å². The number of likely N-dealkylation sites (N-methyl/N-ethyl adjacent to an activating group) is 1. The standard InChI is InChI=1S/C30H37N3O7/c1-33(29(36)26-20-23-14-8-9-16-25(23)40-26)24(28(35)31-18-10-4-7-17-27(34)38-2)15-11-19-32-30(37)39-21-22-12-5-3-6-13-22/h3,5-6,8-9,12-14,16,20,24H,4,7,10-11,15,17-19,21H2,1-2H3,(H,31,35)(H,32,37)/t24-/m0/s1. The lowest BCUT2D eigenvalue weighted by atomic mass is 10.1. The number of carbonyl (C=O) groups excluding carboxylic acids is 4. The van der Waals surface area contributed by atoms with Gasteiger partial charge in [-0.1, -0.05) is 55.0 Å². The van der Waals surface area contributed by atoms with Crippen LogP contribution in [0.5, 0.6) is 0 Å². The number of amides is 3. The van der Waals surface area contributed by atoms with E-state index in [9.17, 15) is 19.2 Å². The quantitative estimate of drug-likeness (QED) is 0.211. The molecule has 10 nitrogen and oxygen atoms in total. The first-order chi connectivity index (χ1) is 19.4. The molecule has 0 radical (unpaired) electrons. The molecule has 1 aromatic heterocycles. The van der Waals surface area contributed by atoms with Crippen LogP contribution in [-0.4, -0.2) is 62.1 Å². The summed E-state index contributed by atoms with van der Waals surface area (Å²) in [5.74, 6) is -0.824. The molecule has 0 saturated carbocycles. The maximum Gasteiger partial charge on any atom is 0.407 e. The summed E-state index contributed by atoms with van der Waals surface area (Å²) in [6.45, 7) is 0.844. The van der Waals surface area contributed by atoms with E-state index in [1.165, 1.54) is 12.0 Å². The Bertz CT molecular complexity index is 1230. The summed E-state index contributed by atoms with van der Waals surface area (Å²) in [5.41, 5.74) is 1.47. The van der Waals surface area contributed by atoms with Crippen LogP contribution in [0, 0.1) is 0 Å². The molecule has 3 amide bonds. The third kappa shape index (κ3) is 9.44. The van der Waals surface area contributed by atoms with Gasteiger partial charge in [0.05, 0.1) is 7.11 Å². The molecule has 0 saturated heterocycles. The fraction of sp³-hybridized carbons (Fsp3) is 0.400. The Morgan fingerprint density at radius 3 is 2.38 bits per heavy atom. The van der Waals surface area contributed by atoms with Crippen molar-refractivity contribution in [2.45, 2.75) is 51.2 Å². The normalized spacial score (nSPS) is 11.4. The van der Waals surface area contributed by atoms with Crippen LogP contribution in [0.2, 0.25) is 0 Å². The number of unbranched alkanes of at least 4 members (excludes halogenated alkanes) is 2. The fourth-order valence-corrected chi connectivity index (χ4v) is 4.17. The Kier molecular flexibility index (Phi) is 12.0. The summed E-state index contributed by atoms with van der Waals surface area (Å²) in [4.78, 5) is 51.1. The second-order valence-corrected chi connectivity index (χ2v) is 9.39. The van der Waals surface area contributed by atoms with Crippen molar-refractivity contribution in [1.82, 2.24) is 15.5 Å². The van der Waals surface area contributed by atoms with E-state index in [4.69, 9.17) is 9.15 Å². The number of nitrogens with zero attached hydrogens (tertiary/aromatic N) is 1. The van der Waals surface area contributed by atoms with Gasteiger partial charge in [0.2, 0.25) is 5.91 Å². The third-order valence-electron chi connectivity index (χ3n) is 6.45. The first-order valence-corrected chi connectivity index (χ1v) is 13.4. The van der Waals surface area contributed by atoms with E-state index in [0.717, 1.165) is 17.4 Å². The van der Waals surface area contributed by atoms with Crippen LogP contribution >= 0.6 is 0 Å². The van der Waals surface area contributed by atoms with Gasteiger partial charge in [-0.15, -0.1) is 0 Å². The fourth-order valence-electron chi connectivity index (χ4n) is 4.17. The monoisotopic (exact) mass is 551 g/mol. The minimum Gasteiger partial charge on any atom is -0.469 e. The molecule has 1 atom stereocenters. The van der Waals surface area contributed by atoms with Gasteiger partial charge in [-0.05, 0) is 43.4 Å². The lowest BCUT2D eigenvalue weighted by Gasteiger charge is -2.27. The molecule has 0 aliphatic rings. The van der Waals surface area contributed by atoms with Gasteiger partial charge in [-0.2, -0.15) is 0 Å². The molecular weight excluding hydrogens is 514 g/mol. The Hall–Kier alpha value is -4.34. The number of hydrogen-bond donors (Lipinski definition) is 2. The Labute approximate surface area is 234 Å². The van der Waals surface area contributed by atoms with Crippen molar-refractivity contribution in [2.75, 3.05) is 27.2 Å². The van der Waals surface area contributed by atoms with Gasteiger partial charge in [-0.25, -0.2) is 4.79 Å². The van der Waals surface area contributed by atoms with Gasteiger partial charge in [0.25, 0.3) is 5.91 Å². The molecule has 214 valence electrons. The average molecular weight is 552 g/mol. The molecule has 2 N–H and O–H groups in total. The number of alkyl carbamates (subject to hydrolysis) is 1. The van der Waals surface area contributed by atoms with E-state index in [0.29, 0.717) is 44.2 Å². The highest BCUT2D eigenvalue weighted by Gasteiger charge is 2.29. The summed E-state index contributed by atoms with van der Waals surface area (Å²) in [6, 6.07) is 17.5. The average Bonchev–Trinajstić information content (AvgIpc) is 3.42. The molecule has 3 aromatic rings.